The van der Waals surface area contributed by atoms with Crippen LogP contribution in [0.2, 0.25) is 0 Å². The molecule has 1 saturated heterocycles. The van der Waals surface area contributed by atoms with Crippen LogP contribution in [0.5, 0.6) is 0 Å². The summed E-state index contributed by atoms with van der Waals surface area (Å²) in [6, 6.07) is 14.1. The summed E-state index contributed by atoms with van der Waals surface area (Å²) in [7, 11) is 0. The van der Waals surface area contributed by atoms with Crippen LogP contribution in [0.4, 0.5) is 0 Å². The van der Waals surface area contributed by atoms with Gasteiger partial charge in [0.05, 0.1) is 18.4 Å². The second kappa shape index (κ2) is 19.0. The fourth-order valence-corrected chi connectivity index (χ4v) is 6.69. The predicted molar refractivity (Wildman–Crippen MR) is 204 cm³/mol. The Kier molecular flexibility index (Phi) is 13.9. The number of hydrogen-bond acceptors (Lipinski definition) is 8. The Hall–Kier alpha value is -5.04. The molecule has 0 bridgehead atoms. The van der Waals surface area contributed by atoms with Gasteiger partial charge in [0.25, 0.3) is 17.4 Å². The van der Waals surface area contributed by atoms with Crippen LogP contribution >= 0.6 is 11.9 Å². The second-order valence-corrected chi connectivity index (χ2v) is 14.2. The van der Waals surface area contributed by atoms with Crippen molar-refractivity contribution in [2.75, 3.05) is 13.1 Å². The number of aryl methyl sites for hydroxylation is 1. The van der Waals surface area contributed by atoms with Gasteiger partial charge in [0, 0.05) is 34.3 Å². The zero-order valence-electron chi connectivity index (χ0n) is 29.7. The van der Waals surface area contributed by atoms with E-state index < -0.39 is 18.0 Å². The zero-order chi connectivity index (χ0) is 36.9. The Balaban J connectivity index is 0.000000286. The first-order chi connectivity index (χ1) is 25.2. The van der Waals surface area contributed by atoms with E-state index in [9.17, 15) is 24.0 Å². The molecule has 2 aromatic heterocycles. The summed E-state index contributed by atoms with van der Waals surface area (Å²) in [5.41, 5.74) is 1.67. The van der Waals surface area contributed by atoms with Gasteiger partial charge in [-0.15, -0.1) is 0 Å². The monoisotopic (exact) mass is 725 g/mol. The highest BCUT2D eigenvalue weighted by molar-refractivity contribution is 7.98. The number of unbranched alkanes of at least 4 members (excludes halogenated alkanes) is 3. The Morgan fingerprint density at radius 2 is 1.71 bits per heavy atom. The third-order valence-electron chi connectivity index (χ3n) is 8.92. The van der Waals surface area contributed by atoms with E-state index in [2.05, 4.69) is 43.3 Å². The molecule has 2 aromatic carbocycles. The Bertz CT molecular complexity index is 1940. The van der Waals surface area contributed by atoms with Gasteiger partial charge in [-0.25, -0.2) is 4.98 Å². The lowest BCUT2D eigenvalue weighted by molar-refractivity contribution is -0.138. The van der Waals surface area contributed by atoms with Gasteiger partial charge in [-0.3, -0.25) is 33.7 Å². The van der Waals surface area contributed by atoms with E-state index in [1.165, 1.54) is 29.2 Å². The van der Waals surface area contributed by atoms with Gasteiger partial charge in [-0.1, -0.05) is 68.3 Å². The van der Waals surface area contributed by atoms with E-state index in [1.807, 2.05) is 54.6 Å². The minimum absolute atomic E-state index is 0.0238. The maximum atomic E-state index is 13.2. The van der Waals surface area contributed by atoms with Crippen LogP contribution in [0.1, 0.15) is 80.9 Å². The molecule has 2 unspecified atom stereocenters. The number of allylic oxidation sites excluding steroid dienone is 1. The lowest BCUT2D eigenvalue weighted by Gasteiger charge is -2.26. The van der Waals surface area contributed by atoms with Crippen molar-refractivity contribution in [3.05, 3.63) is 94.8 Å². The van der Waals surface area contributed by atoms with Crippen molar-refractivity contribution in [3.8, 4) is 0 Å². The molecular weight excluding hydrogens is 679 g/mol. The number of carbonyl (C=O) groups excluding carboxylic acids is 4. The summed E-state index contributed by atoms with van der Waals surface area (Å²) in [4.78, 5) is 75.3. The number of nitrogens with zero attached hydrogens (tertiary/aromatic N) is 3. The van der Waals surface area contributed by atoms with Crippen molar-refractivity contribution in [1.29, 1.82) is 0 Å². The molecule has 12 nitrogen and oxygen atoms in total. The van der Waals surface area contributed by atoms with Crippen molar-refractivity contribution in [2.24, 2.45) is 0 Å². The minimum Gasteiger partial charge on any atom is -0.342 e. The van der Waals surface area contributed by atoms with Crippen LogP contribution in [-0.2, 0) is 14.4 Å². The molecular formula is C39H47N7O5S. The Morgan fingerprint density at radius 1 is 0.962 bits per heavy atom. The highest BCUT2D eigenvalue weighted by atomic mass is 32.2. The number of aromatic nitrogens is 3. The van der Waals surface area contributed by atoms with Gasteiger partial charge in [0.2, 0.25) is 11.8 Å². The number of nitrogens with one attached hydrogen (secondary N) is 4. The molecule has 4 aromatic rings. The fourth-order valence-electron chi connectivity index (χ4n) is 5.89. The van der Waals surface area contributed by atoms with Gasteiger partial charge < -0.3 is 20.5 Å². The molecule has 2 atom stereocenters. The van der Waals surface area contributed by atoms with Crippen LogP contribution in [-0.4, -0.2) is 73.9 Å². The molecule has 1 aliphatic carbocycles. The average Bonchev–Trinajstić information content (AvgIpc) is 3.86. The summed E-state index contributed by atoms with van der Waals surface area (Å²) < 4.78 is 2.88. The van der Waals surface area contributed by atoms with Crippen molar-refractivity contribution in [3.63, 3.8) is 0 Å². The van der Waals surface area contributed by atoms with Crippen LogP contribution < -0.4 is 20.9 Å². The van der Waals surface area contributed by atoms with Crippen LogP contribution in [0.15, 0.2) is 77.9 Å². The third kappa shape index (κ3) is 10.7. The highest BCUT2D eigenvalue weighted by Crippen LogP contribution is 2.32. The molecule has 6 rings (SSSR count). The summed E-state index contributed by atoms with van der Waals surface area (Å²) in [6.07, 6.45) is 14.9. The Morgan fingerprint density at radius 3 is 2.44 bits per heavy atom. The summed E-state index contributed by atoms with van der Waals surface area (Å²) >= 11 is 1.41. The van der Waals surface area contributed by atoms with E-state index >= 15 is 0 Å². The third-order valence-corrected chi connectivity index (χ3v) is 10.0. The quantitative estimate of drug-likeness (QED) is 0.0602. The second-order valence-electron chi connectivity index (χ2n) is 13.1. The number of para-hydroxylation sites is 1. The van der Waals surface area contributed by atoms with Crippen molar-refractivity contribution < 1.29 is 19.2 Å². The number of H-pyrrole nitrogens is 1. The average molecular weight is 726 g/mol. The molecule has 2 aliphatic rings. The maximum Gasteiger partial charge on any atom is 0.271 e. The standard InChI is InChI=1S/C26H38N6O4S.C13H9NO/c1-3-4-5-6-7-8-10-20(25(35)31-37-19-12-13-19)30-26(36)22-11-9-14-32(22)23(33)17-29-24(34)21-16-27-18(2)15-28-21;15-13-11-7-2-1-5-9(11)10-6-3-4-8-12(10)14-13/h7-8,15-16,19-20,22H,3-6,9-14,17H2,1-2H3,(H,29,34)(H,30,36)(H,31,35);1-8H,(H,14,15)/b8-7-;. The molecule has 2 fully saturated rings. The number of amides is 4. The van der Waals surface area contributed by atoms with Crippen molar-refractivity contribution >= 4 is 57.3 Å². The molecule has 1 saturated carbocycles. The number of benzene rings is 2. The molecule has 274 valence electrons. The largest absolute Gasteiger partial charge is 0.342 e. The van der Waals surface area contributed by atoms with Gasteiger partial charge in [0.15, 0.2) is 0 Å². The van der Waals surface area contributed by atoms with E-state index in [-0.39, 0.29) is 35.5 Å². The maximum absolute atomic E-state index is 13.2. The first-order valence-corrected chi connectivity index (χ1v) is 18.9. The summed E-state index contributed by atoms with van der Waals surface area (Å²) in [5, 5.41) is 8.73. The summed E-state index contributed by atoms with van der Waals surface area (Å²) in [5.74, 6) is -1.44. The lowest BCUT2D eigenvalue weighted by Crippen LogP contribution is -2.53. The molecule has 13 heteroatoms. The fraction of sp³-hybridized carbons (Fsp3) is 0.410. The number of carbonyl (C=O) groups is 4. The highest BCUT2D eigenvalue weighted by Gasteiger charge is 2.36. The van der Waals surface area contributed by atoms with E-state index in [4.69, 9.17) is 0 Å². The summed E-state index contributed by atoms with van der Waals surface area (Å²) in [6.45, 7) is 4.09. The topological polar surface area (TPSA) is 166 Å². The zero-order valence-corrected chi connectivity index (χ0v) is 30.5. The van der Waals surface area contributed by atoms with Crippen LogP contribution in [0.3, 0.4) is 0 Å². The SMILES string of the molecule is CCCCC/C=C\CC(NC(=O)C1CCCN1C(=O)CNC(=O)c1cnc(C)cn1)C(=O)NSC1CC1.O=c1[nH]c2ccccc2c2ccccc12. The lowest BCUT2D eigenvalue weighted by atomic mass is 10.1. The molecule has 1 aliphatic heterocycles. The number of aromatic amines is 1. The molecule has 4 amide bonds. The molecule has 4 N–H and O–H groups in total. The molecule has 0 spiro atoms. The van der Waals surface area contributed by atoms with Crippen molar-refractivity contribution in [1.82, 2.24) is 35.2 Å². The number of rotatable bonds is 14. The van der Waals surface area contributed by atoms with Gasteiger partial charge in [-0.05, 0) is 81.3 Å². The van der Waals surface area contributed by atoms with Crippen LogP contribution in [0.25, 0.3) is 21.7 Å². The van der Waals surface area contributed by atoms with Crippen LogP contribution in [0, 0.1) is 6.92 Å². The van der Waals surface area contributed by atoms with E-state index in [0.717, 1.165) is 60.2 Å². The molecule has 0 radical (unpaired) electrons. The number of fused-ring (bicyclic) bond motifs is 3. The smallest absolute Gasteiger partial charge is 0.271 e. The van der Waals surface area contributed by atoms with E-state index in [0.29, 0.717) is 36.8 Å². The van der Waals surface area contributed by atoms with Gasteiger partial charge in [0.1, 0.15) is 17.8 Å². The normalized spacial score (nSPS) is 16.0. The number of hydrogen-bond donors (Lipinski definition) is 4. The van der Waals surface area contributed by atoms with Gasteiger partial charge in [-0.2, -0.15) is 0 Å². The Labute approximate surface area is 307 Å². The number of pyridine rings is 1. The van der Waals surface area contributed by atoms with Crippen molar-refractivity contribution in [2.45, 2.75) is 89.0 Å². The van der Waals surface area contributed by atoms with Gasteiger partial charge >= 0.3 is 0 Å². The minimum atomic E-state index is -0.710. The van der Waals surface area contributed by atoms with E-state index in [1.54, 1.807) is 6.92 Å². The predicted octanol–water partition coefficient (Wildman–Crippen LogP) is 5.13. The first kappa shape index (κ1) is 38.2. The first-order valence-electron chi connectivity index (χ1n) is 18.0. The molecule has 52 heavy (non-hydrogen) atoms. The molecule has 3 heterocycles. The number of likely N-dealkylation sites (tertiary alicyclic amines) is 1.